The van der Waals surface area contributed by atoms with E-state index in [0.717, 1.165) is 37.4 Å². The van der Waals surface area contributed by atoms with Crippen LogP contribution in [0.1, 0.15) is 43.3 Å². The minimum atomic E-state index is -4.78. The summed E-state index contributed by atoms with van der Waals surface area (Å²) in [4.78, 5) is 29.4. The first-order valence-corrected chi connectivity index (χ1v) is 12.8. The van der Waals surface area contributed by atoms with Gasteiger partial charge in [0.15, 0.2) is 0 Å². The van der Waals surface area contributed by atoms with Crippen molar-refractivity contribution in [2.45, 2.75) is 24.3 Å². The Bertz CT molecular complexity index is 1460. The highest BCUT2D eigenvalue weighted by Crippen LogP contribution is 2.39. The molecule has 0 aromatic heterocycles. The lowest BCUT2D eigenvalue weighted by Gasteiger charge is -2.29. The Hall–Kier alpha value is -3.44. The SMILES string of the molecule is COc1ccc(C(=O)N(C)[C@@H]2CN(C(=O)c3ccc(C(F)(F)F)cc3)C[C@H]2c2ccc(Cl)c(Cl)c2)cc1C(F)(F)F. The standard InChI is InChI=1S/C28H22Cl2F6N2O3/c1-37(25(39)17-6-10-24(41-2)20(11-17)28(34,35)36)23-14-38(13-19(23)16-5-9-21(29)22(30)12-16)26(40)15-3-7-18(8-4-15)27(31,32)33/h3-12,19,23H,13-14H2,1-2H3/t19-,23+/m0/s1. The van der Waals surface area contributed by atoms with Crippen LogP contribution in [0, 0.1) is 0 Å². The molecule has 41 heavy (non-hydrogen) atoms. The molecule has 13 heteroatoms. The van der Waals surface area contributed by atoms with E-state index >= 15 is 0 Å². The smallest absolute Gasteiger partial charge is 0.419 e. The van der Waals surface area contributed by atoms with Gasteiger partial charge in [-0.05, 0) is 60.2 Å². The zero-order valence-corrected chi connectivity index (χ0v) is 23.0. The molecule has 3 aromatic carbocycles. The second kappa shape index (κ2) is 11.4. The van der Waals surface area contributed by atoms with Crippen LogP contribution in [0.4, 0.5) is 26.3 Å². The lowest BCUT2D eigenvalue weighted by molar-refractivity contribution is -0.139. The van der Waals surface area contributed by atoms with E-state index in [1.54, 1.807) is 12.1 Å². The summed E-state index contributed by atoms with van der Waals surface area (Å²) in [6.07, 6.45) is -9.35. The van der Waals surface area contributed by atoms with Gasteiger partial charge in [0.2, 0.25) is 0 Å². The number of hydrogen-bond acceptors (Lipinski definition) is 3. The minimum Gasteiger partial charge on any atom is -0.496 e. The fourth-order valence-corrected chi connectivity index (χ4v) is 5.12. The number of alkyl halides is 6. The van der Waals surface area contributed by atoms with Crippen molar-refractivity contribution < 1.29 is 40.7 Å². The van der Waals surface area contributed by atoms with Crippen molar-refractivity contribution in [3.8, 4) is 5.75 Å². The molecule has 1 fully saturated rings. The lowest BCUT2D eigenvalue weighted by Crippen LogP contribution is -2.42. The summed E-state index contributed by atoms with van der Waals surface area (Å²) < 4.78 is 84.5. The molecular weight excluding hydrogens is 597 g/mol. The summed E-state index contributed by atoms with van der Waals surface area (Å²) >= 11 is 12.3. The van der Waals surface area contributed by atoms with Gasteiger partial charge in [-0.2, -0.15) is 26.3 Å². The second-order valence-corrected chi connectivity index (χ2v) is 10.3. The van der Waals surface area contributed by atoms with Gasteiger partial charge in [-0.1, -0.05) is 29.3 Å². The van der Waals surface area contributed by atoms with E-state index in [4.69, 9.17) is 27.9 Å². The molecule has 0 saturated carbocycles. The average Bonchev–Trinajstić information content (AvgIpc) is 3.37. The van der Waals surface area contributed by atoms with Gasteiger partial charge in [-0.3, -0.25) is 9.59 Å². The van der Waals surface area contributed by atoms with E-state index in [2.05, 4.69) is 0 Å². The van der Waals surface area contributed by atoms with E-state index in [1.807, 2.05) is 0 Å². The van der Waals surface area contributed by atoms with Gasteiger partial charge in [0.1, 0.15) is 5.75 Å². The highest BCUT2D eigenvalue weighted by atomic mass is 35.5. The van der Waals surface area contributed by atoms with Crippen LogP contribution in [0.25, 0.3) is 0 Å². The quantitative estimate of drug-likeness (QED) is 0.280. The molecule has 0 unspecified atom stereocenters. The number of likely N-dealkylation sites (tertiary alicyclic amines) is 1. The van der Waals surface area contributed by atoms with Gasteiger partial charge in [0.25, 0.3) is 11.8 Å². The third-order valence-corrected chi connectivity index (χ3v) is 7.72. The largest absolute Gasteiger partial charge is 0.496 e. The predicted molar refractivity (Wildman–Crippen MR) is 140 cm³/mol. The Balaban J connectivity index is 1.67. The number of nitrogens with zero attached hydrogens (tertiary/aromatic N) is 2. The van der Waals surface area contributed by atoms with Crippen LogP contribution in [0.3, 0.4) is 0 Å². The third kappa shape index (κ3) is 6.41. The van der Waals surface area contributed by atoms with Crippen LogP contribution in [0.15, 0.2) is 60.7 Å². The van der Waals surface area contributed by atoms with E-state index in [-0.39, 0.29) is 34.3 Å². The summed E-state index contributed by atoms with van der Waals surface area (Å²) in [6.45, 7) is 0.00576. The van der Waals surface area contributed by atoms with Crippen molar-refractivity contribution >= 4 is 35.0 Å². The molecule has 0 bridgehead atoms. The Labute approximate surface area is 241 Å². The molecule has 1 saturated heterocycles. The third-order valence-electron chi connectivity index (χ3n) is 6.98. The molecule has 0 radical (unpaired) electrons. The summed E-state index contributed by atoms with van der Waals surface area (Å²) in [6, 6.07) is 10.7. The number of amides is 2. The topological polar surface area (TPSA) is 49.9 Å². The predicted octanol–water partition coefficient (Wildman–Crippen LogP) is 7.42. The number of methoxy groups -OCH3 is 1. The Morgan fingerprint density at radius 2 is 1.49 bits per heavy atom. The van der Waals surface area contributed by atoms with Gasteiger partial charge in [-0.15, -0.1) is 0 Å². The summed E-state index contributed by atoms with van der Waals surface area (Å²) in [5.74, 6) is -2.30. The van der Waals surface area contributed by atoms with Crippen LogP contribution >= 0.6 is 23.2 Å². The molecule has 1 aliphatic heterocycles. The zero-order valence-electron chi connectivity index (χ0n) is 21.5. The molecule has 5 nitrogen and oxygen atoms in total. The van der Waals surface area contributed by atoms with Gasteiger partial charge in [0.05, 0.1) is 34.3 Å². The number of ether oxygens (including phenoxy) is 1. The molecule has 0 spiro atoms. The van der Waals surface area contributed by atoms with Crippen molar-refractivity contribution in [1.29, 1.82) is 0 Å². The summed E-state index contributed by atoms with van der Waals surface area (Å²) in [5.41, 5.74) is -1.67. The number of halogens is 8. The van der Waals surface area contributed by atoms with E-state index < -0.39 is 53.0 Å². The van der Waals surface area contributed by atoms with Crippen molar-refractivity contribution in [3.05, 3.63) is 98.5 Å². The van der Waals surface area contributed by atoms with Gasteiger partial charge >= 0.3 is 12.4 Å². The van der Waals surface area contributed by atoms with Crippen LogP contribution in [0.2, 0.25) is 10.0 Å². The molecule has 3 aromatic rings. The van der Waals surface area contributed by atoms with Crippen LogP contribution in [-0.4, -0.2) is 54.9 Å². The van der Waals surface area contributed by atoms with Gasteiger partial charge in [0, 0.05) is 37.2 Å². The molecule has 218 valence electrons. The van der Waals surface area contributed by atoms with Crippen LogP contribution in [0.5, 0.6) is 5.75 Å². The van der Waals surface area contributed by atoms with Crippen molar-refractivity contribution in [2.75, 3.05) is 27.2 Å². The number of benzene rings is 3. The summed E-state index contributed by atoms with van der Waals surface area (Å²) in [7, 11) is 2.49. The van der Waals surface area contributed by atoms with Crippen LogP contribution in [-0.2, 0) is 12.4 Å². The number of carbonyl (C=O) groups is 2. The highest BCUT2D eigenvalue weighted by Gasteiger charge is 2.42. The first kappa shape index (κ1) is 30.5. The fraction of sp³-hybridized carbons (Fsp3) is 0.286. The Morgan fingerprint density at radius 3 is 2.05 bits per heavy atom. The van der Waals surface area contributed by atoms with Gasteiger partial charge < -0.3 is 14.5 Å². The normalized spacial score (nSPS) is 17.5. The van der Waals surface area contributed by atoms with E-state index in [1.165, 1.54) is 29.0 Å². The zero-order chi connectivity index (χ0) is 30.3. The highest BCUT2D eigenvalue weighted by molar-refractivity contribution is 6.42. The Kier molecular flexibility index (Phi) is 8.52. The van der Waals surface area contributed by atoms with E-state index in [0.29, 0.717) is 11.6 Å². The molecule has 0 aliphatic carbocycles. The minimum absolute atomic E-state index is 0.00508. The number of likely N-dealkylation sites (N-methyl/N-ethyl adjacent to an activating group) is 1. The molecule has 1 heterocycles. The maximum absolute atomic E-state index is 13.6. The molecule has 2 atom stereocenters. The van der Waals surface area contributed by atoms with Crippen molar-refractivity contribution in [3.63, 3.8) is 0 Å². The number of hydrogen-bond donors (Lipinski definition) is 0. The van der Waals surface area contributed by atoms with Crippen LogP contribution < -0.4 is 4.74 Å². The molecular formula is C28H22Cl2F6N2O3. The molecule has 2 amide bonds. The second-order valence-electron chi connectivity index (χ2n) is 9.46. The van der Waals surface area contributed by atoms with E-state index in [9.17, 15) is 35.9 Å². The lowest BCUT2D eigenvalue weighted by atomic mass is 9.93. The maximum atomic E-state index is 13.6. The number of rotatable bonds is 5. The maximum Gasteiger partial charge on any atom is 0.419 e. The molecule has 4 rings (SSSR count). The summed E-state index contributed by atoms with van der Waals surface area (Å²) in [5, 5.41) is 0.486. The van der Waals surface area contributed by atoms with Crippen molar-refractivity contribution in [2.24, 2.45) is 0 Å². The number of carbonyl (C=O) groups excluding carboxylic acids is 2. The molecule has 0 N–H and O–H groups in total. The first-order chi connectivity index (χ1) is 19.1. The Morgan fingerprint density at radius 1 is 0.854 bits per heavy atom. The monoisotopic (exact) mass is 618 g/mol. The van der Waals surface area contributed by atoms with Crippen molar-refractivity contribution in [1.82, 2.24) is 9.80 Å². The molecule has 1 aliphatic rings. The first-order valence-electron chi connectivity index (χ1n) is 12.1. The fourth-order valence-electron chi connectivity index (χ4n) is 4.82. The average molecular weight is 619 g/mol. The van der Waals surface area contributed by atoms with Gasteiger partial charge in [-0.25, -0.2) is 0 Å².